The molecule has 0 bridgehead atoms. The molecular weight excluding hydrogens is 216 g/mol. The van der Waals surface area contributed by atoms with Crippen LogP contribution < -0.4 is 5.73 Å². The first-order valence-electron chi connectivity index (χ1n) is 6.82. The van der Waals surface area contributed by atoms with Gasteiger partial charge in [-0.05, 0) is 31.6 Å². The maximum absolute atomic E-state index is 6.11. The number of nitrogens with zero attached hydrogens (tertiary/aromatic N) is 1. The molecule has 0 aromatic carbocycles. The van der Waals surface area contributed by atoms with Crippen molar-refractivity contribution in [2.45, 2.75) is 51.5 Å². The van der Waals surface area contributed by atoms with Gasteiger partial charge >= 0.3 is 0 Å². The Morgan fingerprint density at radius 3 is 2.38 bits per heavy atom. The van der Waals surface area contributed by atoms with E-state index in [0.717, 1.165) is 6.54 Å². The molecule has 2 N–H and O–H groups in total. The Labute approximate surface area is 105 Å². The van der Waals surface area contributed by atoms with Gasteiger partial charge in [-0.15, -0.1) is 0 Å². The van der Waals surface area contributed by atoms with Crippen molar-refractivity contribution in [2.24, 2.45) is 5.73 Å². The molecule has 0 unspecified atom stereocenters. The fourth-order valence-corrected chi connectivity index (χ4v) is 3.81. The summed E-state index contributed by atoms with van der Waals surface area (Å²) in [5.74, 6) is 2.62. The monoisotopic (exact) mass is 244 g/mol. The minimum absolute atomic E-state index is 0.300. The van der Waals surface area contributed by atoms with Crippen LogP contribution in [0.3, 0.4) is 0 Å². The van der Waals surface area contributed by atoms with Crippen molar-refractivity contribution in [2.75, 3.05) is 31.1 Å². The smallest absolute Gasteiger partial charge is 0.0331 e. The van der Waals surface area contributed by atoms with Crippen LogP contribution in [0.2, 0.25) is 0 Å². The zero-order valence-corrected chi connectivity index (χ0v) is 11.8. The van der Waals surface area contributed by atoms with Crippen LogP contribution >= 0.6 is 11.8 Å². The largest absolute Gasteiger partial charge is 0.329 e. The molecule has 0 aliphatic carbocycles. The van der Waals surface area contributed by atoms with E-state index in [0.29, 0.717) is 5.54 Å². The fraction of sp³-hybridized carbons (Fsp3) is 1.00. The van der Waals surface area contributed by atoms with Crippen LogP contribution in [0.15, 0.2) is 0 Å². The summed E-state index contributed by atoms with van der Waals surface area (Å²) < 4.78 is 0. The molecule has 1 heterocycles. The maximum Gasteiger partial charge on any atom is 0.0331 e. The first kappa shape index (κ1) is 14.3. The Morgan fingerprint density at radius 2 is 1.81 bits per heavy atom. The van der Waals surface area contributed by atoms with Gasteiger partial charge in [-0.2, -0.15) is 11.8 Å². The van der Waals surface area contributed by atoms with E-state index in [2.05, 4.69) is 30.5 Å². The van der Waals surface area contributed by atoms with Crippen LogP contribution in [-0.4, -0.2) is 41.6 Å². The SMILES string of the molecule is CCCC(CN)(CCC)N1CCCSCC1. The highest BCUT2D eigenvalue weighted by molar-refractivity contribution is 7.99. The molecule has 0 amide bonds. The molecule has 0 atom stereocenters. The Bertz CT molecular complexity index is 171. The third-order valence-electron chi connectivity index (χ3n) is 3.70. The average molecular weight is 244 g/mol. The summed E-state index contributed by atoms with van der Waals surface area (Å²) in [7, 11) is 0. The van der Waals surface area contributed by atoms with Gasteiger partial charge in [0.05, 0.1) is 0 Å². The second-order valence-electron chi connectivity index (χ2n) is 4.88. The molecule has 0 radical (unpaired) electrons. The lowest BCUT2D eigenvalue weighted by Crippen LogP contribution is -2.54. The van der Waals surface area contributed by atoms with Crippen LogP contribution in [0, 0.1) is 0 Å². The van der Waals surface area contributed by atoms with Crippen molar-refractivity contribution in [3.8, 4) is 0 Å². The third kappa shape index (κ3) is 3.64. The van der Waals surface area contributed by atoms with Crippen LogP contribution in [-0.2, 0) is 0 Å². The lowest BCUT2D eigenvalue weighted by atomic mass is 9.86. The molecule has 1 fully saturated rings. The van der Waals surface area contributed by atoms with Crippen LogP contribution in [0.1, 0.15) is 46.0 Å². The highest BCUT2D eigenvalue weighted by Crippen LogP contribution is 2.28. The minimum Gasteiger partial charge on any atom is -0.329 e. The van der Waals surface area contributed by atoms with E-state index < -0.39 is 0 Å². The van der Waals surface area contributed by atoms with Crippen LogP contribution in [0.4, 0.5) is 0 Å². The van der Waals surface area contributed by atoms with Gasteiger partial charge < -0.3 is 5.73 Å². The molecule has 1 rings (SSSR count). The van der Waals surface area contributed by atoms with Gasteiger partial charge in [-0.1, -0.05) is 26.7 Å². The third-order valence-corrected chi connectivity index (χ3v) is 4.75. The van der Waals surface area contributed by atoms with Crippen LogP contribution in [0.5, 0.6) is 0 Å². The predicted molar refractivity (Wildman–Crippen MR) is 75.1 cm³/mol. The molecule has 1 saturated heterocycles. The van der Waals surface area contributed by atoms with E-state index in [4.69, 9.17) is 5.73 Å². The molecule has 0 saturated carbocycles. The summed E-state index contributed by atoms with van der Waals surface area (Å²) in [4.78, 5) is 2.69. The molecule has 2 nitrogen and oxygen atoms in total. The summed E-state index contributed by atoms with van der Waals surface area (Å²) in [5, 5.41) is 0. The molecule has 1 aliphatic heterocycles. The quantitative estimate of drug-likeness (QED) is 0.779. The molecule has 0 aromatic rings. The first-order valence-corrected chi connectivity index (χ1v) is 7.97. The van der Waals surface area contributed by atoms with Crippen molar-refractivity contribution in [1.82, 2.24) is 4.90 Å². The Balaban J connectivity index is 2.70. The molecule has 1 aliphatic rings. The summed E-state index contributed by atoms with van der Waals surface area (Å²) in [6.07, 6.45) is 6.37. The molecule has 0 spiro atoms. The lowest BCUT2D eigenvalue weighted by Gasteiger charge is -2.43. The minimum atomic E-state index is 0.300. The Morgan fingerprint density at radius 1 is 1.12 bits per heavy atom. The van der Waals surface area contributed by atoms with E-state index in [1.165, 1.54) is 56.7 Å². The first-order chi connectivity index (χ1) is 7.79. The van der Waals surface area contributed by atoms with Gasteiger partial charge in [0, 0.05) is 24.4 Å². The summed E-state index contributed by atoms with van der Waals surface area (Å²) in [6, 6.07) is 0. The summed E-state index contributed by atoms with van der Waals surface area (Å²) in [5.41, 5.74) is 6.41. The van der Waals surface area contributed by atoms with Crippen molar-refractivity contribution >= 4 is 11.8 Å². The van der Waals surface area contributed by atoms with Crippen LogP contribution in [0.25, 0.3) is 0 Å². The fourth-order valence-electron chi connectivity index (χ4n) is 2.93. The van der Waals surface area contributed by atoms with Crippen molar-refractivity contribution in [3.05, 3.63) is 0 Å². The number of nitrogens with two attached hydrogens (primary N) is 1. The zero-order valence-electron chi connectivity index (χ0n) is 11.0. The van der Waals surface area contributed by atoms with Gasteiger partial charge in [0.1, 0.15) is 0 Å². The molecular formula is C13H28N2S. The number of rotatable bonds is 6. The topological polar surface area (TPSA) is 29.3 Å². The van der Waals surface area contributed by atoms with E-state index in [1.54, 1.807) is 0 Å². The standard InChI is InChI=1S/C13H28N2S/c1-3-6-13(12-14,7-4-2)15-8-5-10-16-11-9-15/h3-12,14H2,1-2H3. The predicted octanol–water partition coefficient (Wildman–Crippen LogP) is 2.72. The van der Waals surface area contributed by atoms with Gasteiger partial charge in [-0.25, -0.2) is 0 Å². The van der Waals surface area contributed by atoms with Crippen molar-refractivity contribution < 1.29 is 0 Å². The van der Waals surface area contributed by atoms with E-state index >= 15 is 0 Å². The van der Waals surface area contributed by atoms with E-state index in [9.17, 15) is 0 Å². The summed E-state index contributed by atoms with van der Waals surface area (Å²) >= 11 is 2.10. The second-order valence-corrected chi connectivity index (χ2v) is 6.11. The highest BCUT2D eigenvalue weighted by atomic mass is 32.2. The van der Waals surface area contributed by atoms with Gasteiger partial charge in [-0.3, -0.25) is 4.90 Å². The van der Waals surface area contributed by atoms with Gasteiger partial charge in [0.25, 0.3) is 0 Å². The summed E-state index contributed by atoms with van der Waals surface area (Å²) in [6.45, 7) is 7.89. The number of hydrogen-bond acceptors (Lipinski definition) is 3. The van der Waals surface area contributed by atoms with Crippen molar-refractivity contribution in [3.63, 3.8) is 0 Å². The van der Waals surface area contributed by atoms with Crippen molar-refractivity contribution in [1.29, 1.82) is 0 Å². The van der Waals surface area contributed by atoms with E-state index in [1.807, 2.05) is 0 Å². The zero-order chi connectivity index (χ0) is 11.9. The average Bonchev–Trinajstić information content (AvgIpc) is 2.57. The molecule has 16 heavy (non-hydrogen) atoms. The van der Waals surface area contributed by atoms with Gasteiger partial charge in [0.2, 0.25) is 0 Å². The second kappa shape index (κ2) is 7.57. The number of hydrogen-bond donors (Lipinski definition) is 1. The maximum atomic E-state index is 6.11. The normalized spacial score (nSPS) is 19.7. The molecule has 0 aromatic heterocycles. The molecule has 96 valence electrons. The lowest BCUT2D eigenvalue weighted by molar-refractivity contribution is 0.0827. The Hall–Kier alpha value is 0.270. The molecule has 3 heteroatoms. The Kier molecular flexibility index (Phi) is 6.78. The number of thioether (sulfide) groups is 1. The van der Waals surface area contributed by atoms with E-state index in [-0.39, 0.29) is 0 Å². The highest BCUT2D eigenvalue weighted by Gasteiger charge is 2.33. The van der Waals surface area contributed by atoms with Gasteiger partial charge in [0.15, 0.2) is 0 Å².